The number of benzene rings is 2. The van der Waals surface area contributed by atoms with E-state index in [0.29, 0.717) is 24.9 Å². The molecular weight excluding hydrogens is 447 g/mol. The first-order valence-electron chi connectivity index (χ1n) is 11.2. The Labute approximate surface area is 196 Å². The van der Waals surface area contributed by atoms with Gasteiger partial charge in [-0.1, -0.05) is 44.2 Å². The molecule has 182 valence electrons. The maximum atomic E-state index is 13.3. The highest BCUT2D eigenvalue weighted by Gasteiger charge is 2.33. The van der Waals surface area contributed by atoms with Crippen LogP contribution in [0.25, 0.3) is 0 Å². The molecule has 9 heteroatoms. The van der Waals surface area contributed by atoms with E-state index in [-0.39, 0.29) is 23.9 Å². The summed E-state index contributed by atoms with van der Waals surface area (Å²) in [7, 11) is 0. The van der Waals surface area contributed by atoms with Crippen LogP contribution in [0.3, 0.4) is 0 Å². The fourth-order valence-corrected chi connectivity index (χ4v) is 3.89. The van der Waals surface area contributed by atoms with Gasteiger partial charge in [-0.3, -0.25) is 14.4 Å². The Balaban J connectivity index is 1.84. The Morgan fingerprint density at radius 2 is 1.74 bits per heavy atom. The van der Waals surface area contributed by atoms with Crippen LogP contribution in [0.2, 0.25) is 0 Å². The number of carbonyl (C=O) groups excluding carboxylic acids is 3. The molecule has 0 radical (unpaired) electrons. The van der Waals surface area contributed by atoms with Gasteiger partial charge in [-0.25, -0.2) is 0 Å². The normalized spacial score (nSPS) is 15.8. The number of carbonyl (C=O) groups is 3. The molecule has 2 atom stereocenters. The van der Waals surface area contributed by atoms with Crippen LogP contribution in [0.4, 0.5) is 13.2 Å². The highest BCUT2D eigenvalue weighted by Crippen LogP contribution is 2.31. The zero-order valence-electron chi connectivity index (χ0n) is 19.1. The van der Waals surface area contributed by atoms with Crippen molar-refractivity contribution in [1.82, 2.24) is 15.5 Å². The van der Waals surface area contributed by atoms with Crippen molar-refractivity contribution in [3.63, 3.8) is 0 Å². The summed E-state index contributed by atoms with van der Waals surface area (Å²) in [5.74, 6) is -1.36. The monoisotopic (exact) mass is 475 g/mol. The fraction of sp³-hybridized carbons (Fsp3) is 0.400. The number of likely N-dealkylation sites (tertiary alicyclic amines) is 1. The number of nitrogens with zero attached hydrogens (tertiary/aromatic N) is 1. The molecule has 0 aliphatic carbocycles. The molecule has 0 bridgehead atoms. The summed E-state index contributed by atoms with van der Waals surface area (Å²) < 4.78 is 39.9. The third kappa shape index (κ3) is 6.36. The third-order valence-corrected chi connectivity index (χ3v) is 5.78. The average molecular weight is 476 g/mol. The minimum absolute atomic E-state index is 0.0450. The first kappa shape index (κ1) is 25.3. The van der Waals surface area contributed by atoms with Crippen molar-refractivity contribution in [2.75, 3.05) is 13.1 Å². The van der Waals surface area contributed by atoms with Crippen molar-refractivity contribution < 1.29 is 27.6 Å². The van der Waals surface area contributed by atoms with Gasteiger partial charge in [0.05, 0.1) is 11.6 Å². The van der Waals surface area contributed by atoms with Gasteiger partial charge in [0, 0.05) is 25.1 Å². The summed E-state index contributed by atoms with van der Waals surface area (Å²) in [4.78, 5) is 39.6. The first-order chi connectivity index (χ1) is 16.1. The summed E-state index contributed by atoms with van der Waals surface area (Å²) in [5, 5.41) is 5.50. The predicted molar refractivity (Wildman–Crippen MR) is 121 cm³/mol. The maximum absolute atomic E-state index is 13.3. The van der Waals surface area contributed by atoms with Crippen molar-refractivity contribution in [2.45, 2.75) is 44.9 Å². The molecular formula is C25H28F3N3O3. The molecule has 3 amide bonds. The van der Waals surface area contributed by atoms with Gasteiger partial charge in [0.15, 0.2) is 0 Å². The molecule has 2 unspecified atom stereocenters. The van der Waals surface area contributed by atoms with Gasteiger partial charge in [0.25, 0.3) is 5.91 Å². The molecule has 6 nitrogen and oxygen atoms in total. The predicted octanol–water partition coefficient (Wildman–Crippen LogP) is 3.94. The Hall–Kier alpha value is -3.36. The van der Waals surface area contributed by atoms with Crippen LogP contribution in [-0.4, -0.2) is 41.8 Å². The molecule has 34 heavy (non-hydrogen) atoms. The SMILES string of the molecule is CC(C)C(NC(=O)c1ccccc1)C(=O)NC(CN1CCCC1=O)c1cccc(C(F)(F)F)c1. The second kappa shape index (κ2) is 10.7. The van der Waals surface area contributed by atoms with Gasteiger partial charge in [0.1, 0.15) is 6.04 Å². The number of amides is 3. The van der Waals surface area contributed by atoms with Crippen molar-refractivity contribution in [3.8, 4) is 0 Å². The Kier molecular flexibility index (Phi) is 7.96. The summed E-state index contributed by atoms with van der Waals surface area (Å²) in [6.07, 6.45) is -3.52. The van der Waals surface area contributed by atoms with Crippen molar-refractivity contribution in [3.05, 3.63) is 71.3 Å². The van der Waals surface area contributed by atoms with E-state index in [4.69, 9.17) is 0 Å². The summed E-state index contributed by atoms with van der Waals surface area (Å²) >= 11 is 0. The zero-order valence-corrected chi connectivity index (χ0v) is 19.1. The standard InChI is InChI=1S/C25H28F3N3O3/c1-16(2)22(30-23(33)17-8-4-3-5-9-17)24(34)29-20(15-31-13-7-12-21(31)32)18-10-6-11-19(14-18)25(26,27)28/h3-6,8-11,14,16,20,22H,7,12-13,15H2,1-2H3,(H,29,34)(H,30,33). The highest BCUT2D eigenvalue weighted by atomic mass is 19.4. The lowest BCUT2D eigenvalue weighted by Gasteiger charge is -2.29. The lowest BCUT2D eigenvalue weighted by Crippen LogP contribution is -2.51. The van der Waals surface area contributed by atoms with Crippen LogP contribution in [0, 0.1) is 5.92 Å². The number of hydrogen-bond donors (Lipinski definition) is 2. The number of alkyl halides is 3. The van der Waals surface area contributed by atoms with Gasteiger partial charge in [-0.15, -0.1) is 0 Å². The van der Waals surface area contributed by atoms with Crippen LogP contribution < -0.4 is 10.6 Å². The lowest BCUT2D eigenvalue weighted by atomic mass is 9.99. The van der Waals surface area contributed by atoms with Gasteiger partial charge >= 0.3 is 6.18 Å². The average Bonchev–Trinajstić information content (AvgIpc) is 3.21. The maximum Gasteiger partial charge on any atom is 0.416 e. The molecule has 0 saturated carbocycles. The largest absolute Gasteiger partial charge is 0.416 e. The van der Waals surface area contributed by atoms with E-state index in [9.17, 15) is 27.6 Å². The van der Waals surface area contributed by atoms with E-state index in [1.807, 2.05) is 0 Å². The number of halogens is 3. The van der Waals surface area contributed by atoms with Crippen molar-refractivity contribution >= 4 is 17.7 Å². The second-order valence-electron chi connectivity index (χ2n) is 8.69. The van der Waals surface area contributed by atoms with Crippen LogP contribution in [-0.2, 0) is 15.8 Å². The summed E-state index contributed by atoms with van der Waals surface area (Å²) in [6.45, 7) is 4.05. The number of rotatable bonds is 8. The molecule has 1 aliphatic heterocycles. The van der Waals surface area contributed by atoms with E-state index >= 15 is 0 Å². The van der Waals surface area contributed by atoms with Gasteiger partial charge in [-0.05, 0) is 42.2 Å². The first-order valence-corrected chi connectivity index (χ1v) is 11.2. The van der Waals surface area contributed by atoms with E-state index in [2.05, 4.69) is 10.6 Å². The second-order valence-corrected chi connectivity index (χ2v) is 8.69. The summed E-state index contributed by atoms with van der Waals surface area (Å²) in [6, 6.07) is 11.3. The van der Waals surface area contributed by atoms with Gasteiger partial charge < -0.3 is 15.5 Å². The minimum atomic E-state index is -4.54. The molecule has 2 N–H and O–H groups in total. The van der Waals surface area contributed by atoms with Crippen LogP contribution in [0.1, 0.15) is 54.2 Å². The van der Waals surface area contributed by atoms with Crippen LogP contribution >= 0.6 is 0 Å². The molecule has 1 fully saturated rings. The quantitative estimate of drug-likeness (QED) is 0.607. The molecule has 1 heterocycles. The van der Waals surface area contributed by atoms with Crippen LogP contribution in [0.5, 0.6) is 0 Å². The molecule has 2 aromatic carbocycles. The van der Waals surface area contributed by atoms with Gasteiger partial charge in [-0.2, -0.15) is 13.2 Å². The van der Waals surface area contributed by atoms with E-state index in [1.54, 1.807) is 44.2 Å². The molecule has 1 saturated heterocycles. The fourth-order valence-electron chi connectivity index (χ4n) is 3.89. The molecule has 2 aromatic rings. The molecule has 0 spiro atoms. The highest BCUT2D eigenvalue weighted by molar-refractivity contribution is 5.97. The molecule has 3 rings (SSSR count). The van der Waals surface area contributed by atoms with E-state index in [1.165, 1.54) is 17.0 Å². The topological polar surface area (TPSA) is 78.5 Å². The van der Waals surface area contributed by atoms with Crippen molar-refractivity contribution in [1.29, 1.82) is 0 Å². The lowest BCUT2D eigenvalue weighted by molar-refractivity contribution is -0.137. The minimum Gasteiger partial charge on any atom is -0.346 e. The number of nitrogens with one attached hydrogen (secondary N) is 2. The Morgan fingerprint density at radius 3 is 2.32 bits per heavy atom. The Bertz CT molecular complexity index is 1020. The van der Waals surface area contributed by atoms with Crippen molar-refractivity contribution in [2.24, 2.45) is 5.92 Å². The zero-order chi connectivity index (χ0) is 24.9. The third-order valence-electron chi connectivity index (χ3n) is 5.78. The van der Waals surface area contributed by atoms with E-state index < -0.39 is 35.6 Å². The molecule has 1 aliphatic rings. The molecule has 0 aromatic heterocycles. The Morgan fingerprint density at radius 1 is 1.03 bits per heavy atom. The summed E-state index contributed by atoms with van der Waals surface area (Å²) in [5.41, 5.74) is -0.215. The smallest absolute Gasteiger partial charge is 0.346 e. The van der Waals surface area contributed by atoms with E-state index in [0.717, 1.165) is 12.1 Å². The van der Waals surface area contributed by atoms with Gasteiger partial charge in [0.2, 0.25) is 11.8 Å². The van der Waals surface area contributed by atoms with Crippen LogP contribution in [0.15, 0.2) is 54.6 Å². The number of hydrogen-bond acceptors (Lipinski definition) is 3.